The van der Waals surface area contributed by atoms with Gasteiger partial charge in [0.25, 0.3) is 0 Å². The summed E-state index contributed by atoms with van der Waals surface area (Å²) in [6.45, 7) is 0. The molecule has 0 aromatic heterocycles. The lowest BCUT2D eigenvalue weighted by molar-refractivity contribution is 1.28. The zero-order valence-corrected chi connectivity index (χ0v) is 34.0. The zero-order valence-electron chi connectivity index (χ0n) is 32.4. The first kappa shape index (κ1) is 37.4. The standard InChI is InChI=1S/C28H20BrN.C28H21N/c29-23-15-19-26(20-16-23)30(24-9-2-1-3-10-24)25-17-13-22(14-18-25)28-12-6-8-21-7-4-5-11-27(21)28;1-3-12-24(13-4-1)29(25-14-5-2-6-15-25)26-20-18-23(19-21-26)28-17-9-11-22-10-7-8-16-27(22)28/h1-20H;1-21H. The van der Waals surface area contributed by atoms with Gasteiger partial charge in [0, 0.05) is 38.6 Å². The van der Waals surface area contributed by atoms with Crippen molar-refractivity contribution in [2.75, 3.05) is 9.80 Å². The predicted molar refractivity (Wildman–Crippen MR) is 256 cm³/mol. The van der Waals surface area contributed by atoms with Crippen molar-refractivity contribution in [3.05, 3.63) is 253 Å². The number of benzene rings is 10. The van der Waals surface area contributed by atoms with E-state index in [1.807, 2.05) is 6.07 Å². The van der Waals surface area contributed by atoms with Gasteiger partial charge in [-0.15, -0.1) is 0 Å². The maximum Gasteiger partial charge on any atom is 0.0462 e. The minimum Gasteiger partial charge on any atom is -0.311 e. The number of rotatable bonds is 8. The van der Waals surface area contributed by atoms with Gasteiger partial charge in [-0.05, 0) is 129 Å². The molecule has 0 radical (unpaired) electrons. The topological polar surface area (TPSA) is 6.48 Å². The van der Waals surface area contributed by atoms with Gasteiger partial charge in [0.15, 0.2) is 0 Å². The molecule has 3 heteroatoms. The van der Waals surface area contributed by atoms with Crippen molar-refractivity contribution < 1.29 is 0 Å². The van der Waals surface area contributed by atoms with E-state index in [0.29, 0.717) is 0 Å². The quantitative estimate of drug-likeness (QED) is 0.151. The van der Waals surface area contributed by atoms with Crippen molar-refractivity contribution in [1.29, 1.82) is 0 Å². The smallest absolute Gasteiger partial charge is 0.0462 e. The van der Waals surface area contributed by atoms with Gasteiger partial charge in [0.05, 0.1) is 0 Å². The summed E-state index contributed by atoms with van der Waals surface area (Å²) in [6.07, 6.45) is 0. The Morgan fingerprint density at radius 3 is 0.898 bits per heavy atom. The summed E-state index contributed by atoms with van der Waals surface area (Å²) in [5.41, 5.74) is 11.8. The minimum atomic E-state index is 1.07. The molecule has 10 rings (SSSR count). The second-order valence-electron chi connectivity index (χ2n) is 14.3. The summed E-state index contributed by atoms with van der Waals surface area (Å²) in [6, 6.07) is 87.7. The van der Waals surface area contributed by atoms with Crippen LogP contribution >= 0.6 is 15.9 Å². The van der Waals surface area contributed by atoms with Crippen LogP contribution in [0.2, 0.25) is 0 Å². The van der Waals surface area contributed by atoms with E-state index in [1.54, 1.807) is 0 Å². The van der Waals surface area contributed by atoms with Gasteiger partial charge in [-0.3, -0.25) is 0 Å². The molecule has 0 saturated heterocycles. The molecule has 10 aromatic carbocycles. The van der Waals surface area contributed by atoms with Gasteiger partial charge in [-0.2, -0.15) is 0 Å². The molecule has 0 fully saturated rings. The highest BCUT2D eigenvalue weighted by molar-refractivity contribution is 9.10. The van der Waals surface area contributed by atoms with Crippen molar-refractivity contribution in [1.82, 2.24) is 0 Å². The minimum absolute atomic E-state index is 1.07. The predicted octanol–water partition coefficient (Wildman–Crippen LogP) is 16.7. The van der Waals surface area contributed by atoms with Crippen LogP contribution < -0.4 is 9.80 Å². The Balaban J connectivity index is 0.000000152. The van der Waals surface area contributed by atoms with Crippen LogP contribution in [0.5, 0.6) is 0 Å². The fourth-order valence-electron chi connectivity index (χ4n) is 7.75. The van der Waals surface area contributed by atoms with E-state index in [4.69, 9.17) is 0 Å². The van der Waals surface area contributed by atoms with Crippen LogP contribution in [0, 0.1) is 0 Å². The Morgan fingerprint density at radius 2 is 0.525 bits per heavy atom. The number of hydrogen-bond donors (Lipinski definition) is 0. The summed E-state index contributed by atoms with van der Waals surface area (Å²) in [5, 5.41) is 5.09. The summed E-state index contributed by atoms with van der Waals surface area (Å²) in [5.74, 6) is 0. The highest BCUT2D eigenvalue weighted by atomic mass is 79.9. The second kappa shape index (κ2) is 17.5. The first-order chi connectivity index (χ1) is 29.2. The first-order valence-corrected chi connectivity index (χ1v) is 20.7. The van der Waals surface area contributed by atoms with Gasteiger partial charge in [-0.25, -0.2) is 0 Å². The van der Waals surface area contributed by atoms with Crippen molar-refractivity contribution in [3.8, 4) is 22.3 Å². The van der Waals surface area contributed by atoms with E-state index in [0.717, 1.165) is 38.6 Å². The van der Waals surface area contributed by atoms with E-state index in [1.165, 1.54) is 43.8 Å². The molecular weight excluding hydrogens is 781 g/mol. The Bertz CT molecular complexity index is 2860. The number of fused-ring (bicyclic) bond motifs is 2. The second-order valence-corrected chi connectivity index (χ2v) is 15.2. The van der Waals surface area contributed by atoms with E-state index < -0.39 is 0 Å². The van der Waals surface area contributed by atoms with E-state index in [-0.39, 0.29) is 0 Å². The average molecular weight is 822 g/mol. The lowest BCUT2D eigenvalue weighted by atomic mass is 9.98. The third-order valence-corrected chi connectivity index (χ3v) is 11.1. The van der Waals surface area contributed by atoms with Crippen molar-refractivity contribution in [2.45, 2.75) is 0 Å². The molecule has 0 unspecified atom stereocenters. The lowest BCUT2D eigenvalue weighted by Gasteiger charge is -2.25. The molecule has 282 valence electrons. The highest BCUT2D eigenvalue weighted by Crippen LogP contribution is 2.38. The van der Waals surface area contributed by atoms with Crippen LogP contribution in [0.15, 0.2) is 253 Å². The monoisotopic (exact) mass is 820 g/mol. The molecule has 2 nitrogen and oxygen atoms in total. The molecule has 59 heavy (non-hydrogen) atoms. The number of halogens is 1. The molecular formula is C56H41BrN2. The van der Waals surface area contributed by atoms with Gasteiger partial charge in [0.2, 0.25) is 0 Å². The summed E-state index contributed by atoms with van der Waals surface area (Å²) in [7, 11) is 0. The summed E-state index contributed by atoms with van der Waals surface area (Å²) < 4.78 is 1.07. The van der Waals surface area contributed by atoms with Gasteiger partial charge >= 0.3 is 0 Å². The van der Waals surface area contributed by atoms with E-state index in [9.17, 15) is 0 Å². The third-order valence-electron chi connectivity index (χ3n) is 10.6. The molecule has 0 atom stereocenters. The fourth-order valence-corrected chi connectivity index (χ4v) is 8.01. The molecule has 0 aliphatic heterocycles. The fraction of sp³-hybridized carbons (Fsp3) is 0. The summed E-state index contributed by atoms with van der Waals surface area (Å²) in [4.78, 5) is 4.56. The largest absolute Gasteiger partial charge is 0.311 e. The van der Waals surface area contributed by atoms with Crippen molar-refractivity contribution in [2.24, 2.45) is 0 Å². The van der Waals surface area contributed by atoms with Crippen LogP contribution in [0.25, 0.3) is 43.8 Å². The van der Waals surface area contributed by atoms with Gasteiger partial charge in [-0.1, -0.05) is 180 Å². The van der Waals surface area contributed by atoms with Crippen LogP contribution in [-0.2, 0) is 0 Å². The molecule has 0 N–H and O–H groups in total. The molecule has 0 aliphatic carbocycles. The van der Waals surface area contributed by atoms with Crippen molar-refractivity contribution >= 4 is 71.6 Å². The Hall–Kier alpha value is -7.20. The molecule has 0 amide bonds. The molecule has 0 spiro atoms. The zero-order chi connectivity index (χ0) is 39.8. The van der Waals surface area contributed by atoms with Crippen LogP contribution in [0.4, 0.5) is 34.1 Å². The number of para-hydroxylation sites is 3. The van der Waals surface area contributed by atoms with E-state index in [2.05, 4.69) is 268 Å². The Morgan fingerprint density at radius 1 is 0.237 bits per heavy atom. The van der Waals surface area contributed by atoms with Crippen LogP contribution in [0.1, 0.15) is 0 Å². The van der Waals surface area contributed by atoms with Gasteiger partial charge in [0.1, 0.15) is 0 Å². The van der Waals surface area contributed by atoms with Crippen molar-refractivity contribution in [3.63, 3.8) is 0 Å². The Labute approximate surface area is 355 Å². The molecule has 0 heterocycles. The number of anilines is 6. The van der Waals surface area contributed by atoms with E-state index >= 15 is 0 Å². The van der Waals surface area contributed by atoms with Gasteiger partial charge < -0.3 is 9.80 Å². The maximum absolute atomic E-state index is 3.54. The molecule has 0 aliphatic rings. The molecule has 10 aromatic rings. The first-order valence-electron chi connectivity index (χ1n) is 19.9. The number of nitrogens with zero attached hydrogens (tertiary/aromatic N) is 2. The van der Waals surface area contributed by atoms with Crippen LogP contribution in [-0.4, -0.2) is 0 Å². The van der Waals surface area contributed by atoms with Crippen LogP contribution in [0.3, 0.4) is 0 Å². The maximum atomic E-state index is 3.54. The average Bonchev–Trinajstić information content (AvgIpc) is 3.31. The Kier molecular flexibility index (Phi) is 11.1. The highest BCUT2D eigenvalue weighted by Gasteiger charge is 2.14. The molecule has 0 bridgehead atoms. The lowest BCUT2D eigenvalue weighted by Crippen LogP contribution is -2.09. The normalized spacial score (nSPS) is 10.8. The number of hydrogen-bond acceptors (Lipinski definition) is 2. The molecule has 0 saturated carbocycles. The summed E-state index contributed by atoms with van der Waals surface area (Å²) >= 11 is 3.54. The SMILES string of the molecule is Brc1ccc(N(c2ccccc2)c2ccc(-c3cccc4ccccc34)cc2)cc1.c1ccc(N(c2ccccc2)c2ccc(-c3cccc4ccccc34)cc2)cc1. The third kappa shape index (κ3) is 8.29.